The largest absolute Gasteiger partial charge is 0.491 e. The van der Waals surface area contributed by atoms with Gasteiger partial charge in [0.2, 0.25) is 0 Å². The molecule has 0 saturated carbocycles. The van der Waals surface area contributed by atoms with E-state index in [0.717, 1.165) is 15.9 Å². The predicted octanol–water partition coefficient (Wildman–Crippen LogP) is 2.21. The van der Waals surface area contributed by atoms with Crippen molar-refractivity contribution in [1.82, 2.24) is 0 Å². The van der Waals surface area contributed by atoms with Gasteiger partial charge in [-0.25, -0.2) is 0 Å². The number of hydrogen-bond donors (Lipinski definition) is 2. The van der Waals surface area contributed by atoms with Gasteiger partial charge in [0.15, 0.2) is 0 Å². The summed E-state index contributed by atoms with van der Waals surface area (Å²) in [6.07, 6.45) is 1.96. The molecule has 0 aromatic carbocycles. The van der Waals surface area contributed by atoms with Gasteiger partial charge in [0.1, 0.15) is 0 Å². The summed E-state index contributed by atoms with van der Waals surface area (Å²) in [5.41, 5.74) is 6.97. The average molecular weight is 295 g/mol. The molecular formula is C14H22BNO3S. The molecule has 2 rings (SSSR count). The van der Waals surface area contributed by atoms with Gasteiger partial charge in [0.25, 0.3) is 0 Å². The Balaban J connectivity index is 2.26. The first-order valence-electron chi connectivity index (χ1n) is 6.74. The standard InChI is InChI=1S/C14H22BNO3S/c1-13(2)14(3,4)19-15(18-13)11(8-16)7-10-5-6-20-12(10)9-17/h5-7,17H,8-9,16H2,1-4H3. The van der Waals surface area contributed by atoms with Gasteiger partial charge >= 0.3 is 7.12 Å². The van der Waals surface area contributed by atoms with Crippen molar-refractivity contribution < 1.29 is 14.4 Å². The molecule has 4 nitrogen and oxygen atoms in total. The molecule has 6 heteroatoms. The van der Waals surface area contributed by atoms with Crippen LogP contribution in [0, 0.1) is 0 Å². The Kier molecular flexibility index (Phi) is 4.42. The Morgan fingerprint density at radius 3 is 2.45 bits per heavy atom. The van der Waals surface area contributed by atoms with Gasteiger partial charge in [-0.2, -0.15) is 0 Å². The monoisotopic (exact) mass is 295 g/mol. The van der Waals surface area contributed by atoms with Gasteiger partial charge in [0.05, 0.1) is 17.8 Å². The Bertz CT molecular complexity index is 494. The fourth-order valence-corrected chi connectivity index (χ4v) is 2.74. The van der Waals surface area contributed by atoms with Crippen LogP contribution in [0.15, 0.2) is 16.9 Å². The molecule has 1 aromatic heterocycles. The van der Waals surface area contributed by atoms with Crippen LogP contribution >= 0.6 is 11.3 Å². The molecule has 0 atom stereocenters. The van der Waals surface area contributed by atoms with Crippen molar-refractivity contribution in [3.05, 3.63) is 27.4 Å². The number of rotatable bonds is 4. The van der Waals surface area contributed by atoms with Crippen LogP contribution in [-0.4, -0.2) is 30.0 Å². The summed E-state index contributed by atoms with van der Waals surface area (Å²) in [4.78, 5) is 0.924. The van der Waals surface area contributed by atoms with Crippen LogP contribution in [-0.2, 0) is 15.9 Å². The Morgan fingerprint density at radius 2 is 1.95 bits per heavy atom. The molecule has 0 aliphatic carbocycles. The van der Waals surface area contributed by atoms with Crippen LogP contribution in [0.3, 0.4) is 0 Å². The van der Waals surface area contributed by atoms with Gasteiger partial charge in [-0.3, -0.25) is 0 Å². The predicted molar refractivity (Wildman–Crippen MR) is 83.4 cm³/mol. The molecule has 20 heavy (non-hydrogen) atoms. The highest BCUT2D eigenvalue weighted by Gasteiger charge is 2.52. The molecule has 1 aliphatic heterocycles. The van der Waals surface area contributed by atoms with E-state index in [1.165, 1.54) is 11.3 Å². The van der Waals surface area contributed by atoms with Crippen LogP contribution in [0.2, 0.25) is 0 Å². The van der Waals surface area contributed by atoms with Gasteiger partial charge in [-0.1, -0.05) is 6.08 Å². The third kappa shape index (κ3) is 2.85. The molecule has 3 N–H and O–H groups in total. The number of thiophene rings is 1. The number of aliphatic hydroxyl groups excluding tert-OH is 1. The molecule has 0 amide bonds. The Labute approximate surface area is 124 Å². The molecule has 1 aliphatic rings. The van der Waals surface area contributed by atoms with Crippen molar-refractivity contribution in [3.8, 4) is 0 Å². The second kappa shape index (κ2) is 5.62. The van der Waals surface area contributed by atoms with Crippen molar-refractivity contribution in [1.29, 1.82) is 0 Å². The smallest absolute Gasteiger partial charge is 0.400 e. The van der Waals surface area contributed by atoms with Crippen LogP contribution in [0.1, 0.15) is 38.1 Å². The van der Waals surface area contributed by atoms with E-state index < -0.39 is 7.12 Å². The first kappa shape index (κ1) is 15.7. The second-order valence-corrected chi connectivity index (χ2v) is 6.97. The van der Waals surface area contributed by atoms with Crippen molar-refractivity contribution >= 4 is 24.5 Å². The molecular weight excluding hydrogens is 273 g/mol. The van der Waals surface area contributed by atoms with Gasteiger partial charge < -0.3 is 20.1 Å². The summed E-state index contributed by atoms with van der Waals surface area (Å²) in [5.74, 6) is 0. The van der Waals surface area contributed by atoms with E-state index in [2.05, 4.69) is 0 Å². The number of aliphatic hydroxyl groups is 1. The number of hydrogen-bond acceptors (Lipinski definition) is 5. The van der Waals surface area contributed by atoms with E-state index in [9.17, 15) is 5.11 Å². The van der Waals surface area contributed by atoms with Crippen LogP contribution in [0.5, 0.6) is 0 Å². The Morgan fingerprint density at radius 1 is 1.35 bits per heavy atom. The first-order chi connectivity index (χ1) is 9.30. The summed E-state index contributed by atoms with van der Waals surface area (Å²) >= 11 is 1.53. The normalized spacial score (nSPS) is 21.5. The van der Waals surface area contributed by atoms with Gasteiger partial charge in [-0.15, -0.1) is 11.3 Å². The van der Waals surface area contributed by atoms with E-state index in [4.69, 9.17) is 15.0 Å². The summed E-state index contributed by atoms with van der Waals surface area (Å²) in [6.45, 7) is 8.47. The van der Waals surface area contributed by atoms with E-state index in [1.807, 2.05) is 45.2 Å². The van der Waals surface area contributed by atoms with Crippen molar-refractivity contribution in [2.45, 2.75) is 45.5 Å². The summed E-state index contributed by atoms with van der Waals surface area (Å²) < 4.78 is 12.0. The van der Waals surface area contributed by atoms with Crippen LogP contribution in [0.4, 0.5) is 0 Å². The van der Waals surface area contributed by atoms with E-state index in [0.29, 0.717) is 6.54 Å². The fraction of sp³-hybridized carbons (Fsp3) is 0.571. The highest BCUT2D eigenvalue weighted by atomic mass is 32.1. The highest BCUT2D eigenvalue weighted by Crippen LogP contribution is 2.38. The molecule has 0 radical (unpaired) electrons. The quantitative estimate of drug-likeness (QED) is 0.836. The highest BCUT2D eigenvalue weighted by molar-refractivity contribution is 7.10. The lowest BCUT2D eigenvalue weighted by molar-refractivity contribution is 0.00578. The first-order valence-corrected chi connectivity index (χ1v) is 7.62. The van der Waals surface area contributed by atoms with Crippen LogP contribution < -0.4 is 5.73 Å². The minimum absolute atomic E-state index is 0.0325. The lowest BCUT2D eigenvalue weighted by Crippen LogP contribution is -2.41. The minimum Gasteiger partial charge on any atom is -0.400 e. The average Bonchev–Trinajstić information content (AvgIpc) is 2.88. The Hall–Kier alpha value is -0.655. The zero-order valence-electron chi connectivity index (χ0n) is 12.5. The van der Waals surface area contributed by atoms with Gasteiger partial charge in [0, 0.05) is 11.4 Å². The second-order valence-electron chi connectivity index (χ2n) is 5.97. The molecule has 2 heterocycles. The van der Waals surface area contributed by atoms with E-state index in [1.54, 1.807) is 0 Å². The molecule has 0 unspecified atom stereocenters. The molecule has 1 fully saturated rings. The molecule has 0 spiro atoms. The maximum Gasteiger partial charge on any atom is 0.491 e. The van der Waals surface area contributed by atoms with Crippen molar-refractivity contribution in [3.63, 3.8) is 0 Å². The lowest BCUT2D eigenvalue weighted by Gasteiger charge is -2.32. The zero-order chi connectivity index (χ0) is 15.0. The minimum atomic E-state index is -0.434. The summed E-state index contributed by atoms with van der Waals surface area (Å²) in [7, 11) is -0.434. The molecule has 0 bridgehead atoms. The molecule has 110 valence electrons. The molecule has 1 aromatic rings. The number of nitrogens with two attached hydrogens (primary N) is 1. The van der Waals surface area contributed by atoms with Gasteiger partial charge in [-0.05, 0) is 50.2 Å². The van der Waals surface area contributed by atoms with Crippen molar-refractivity contribution in [2.75, 3.05) is 6.54 Å². The third-order valence-corrected chi connectivity index (χ3v) is 4.98. The lowest BCUT2D eigenvalue weighted by atomic mass is 9.77. The zero-order valence-corrected chi connectivity index (χ0v) is 13.3. The maximum atomic E-state index is 9.31. The summed E-state index contributed by atoms with van der Waals surface area (Å²) in [6, 6.07) is 1.97. The van der Waals surface area contributed by atoms with Crippen molar-refractivity contribution in [2.24, 2.45) is 5.73 Å². The topological polar surface area (TPSA) is 64.7 Å². The van der Waals surface area contributed by atoms with E-state index >= 15 is 0 Å². The maximum absolute atomic E-state index is 9.31. The third-order valence-electron chi connectivity index (χ3n) is 4.06. The SMILES string of the molecule is CC1(C)OB(C(=Cc2ccsc2CO)CN)OC1(C)C. The van der Waals surface area contributed by atoms with E-state index in [-0.39, 0.29) is 17.8 Å². The molecule has 1 saturated heterocycles. The van der Waals surface area contributed by atoms with Crippen LogP contribution in [0.25, 0.3) is 6.08 Å². The summed E-state index contributed by atoms with van der Waals surface area (Å²) in [5, 5.41) is 11.3. The fourth-order valence-electron chi connectivity index (χ4n) is 2.02.